The van der Waals surface area contributed by atoms with Gasteiger partial charge in [-0.05, 0) is 62.6 Å². The second kappa shape index (κ2) is 6.54. The van der Waals surface area contributed by atoms with E-state index in [1.165, 1.54) is 16.7 Å². The molecule has 2 heterocycles. The van der Waals surface area contributed by atoms with Crippen LogP contribution in [0.15, 0.2) is 54.7 Å². The quantitative estimate of drug-likeness (QED) is 0.710. The van der Waals surface area contributed by atoms with E-state index < -0.39 is 0 Å². The van der Waals surface area contributed by atoms with E-state index in [-0.39, 0.29) is 12.1 Å². The topological polar surface area (TPSA) is 45.2 Å². The zero-order valence-corrected chi connectivity index (χ0v) is 16.1. The van der Waals surface area contributed by atoms with Crippen LogP contribution in [-0.4, -0.2) is 10.9 Å². The van der Waals surface area contributed by atoms with Gasteiger partial charge in [0.1, 0.15) is 12.0 Å². The fourth-order valence-corrected chi connectivity index (χ4v) is 3.89. The summed E-state index contributed by atoms with van der Waals surface area (Å²) in [6.45, 7) is 8.30. The van der Waals surface area contributed by atoms with Crippen LogP contribution in [0.2, 0.25) is 0 Å². The molecule has 136 valence electrons. The number of hydrogen-bond acceptors (Lipinski definition) is 3. The van der Waals surface area contributed by atoms with Crippen molar-refractivity contribution in [3.8, 4) is 0 Å². The summed E-state index contributed by atoms with van der Waals surface area (Å²) < 4.78 is 0. The van der Waals surface area contributed by atoms with Gasteiger partial charge in [0.15, 0.2) is 0 Å². The highest BCUT2D eigenvalue weighted by Crippen LogP contribution is 2.38. The van der Waals surface area contributed by atoms with Gasteiger partial charge in [-0.3, -0.25) is 9.69 Å². The second-order valence-corrected chi connectivity index (χ2v) is 7.27. The number of carbonyl (C=O) groups is 1. The van der Waals surface area contributed by atoms with E-state index in [4.69, 9.17) is 0 Å². The Kier molecular flexibility index (Phi) is 4.19. The van der Waals surface area contributed by atoms with Gasteiger partial charge in [0, 0.05) is 23.0 Å². The predicted octanol–water partition coefficient (Wildman–Crippen LogP) is 5.09. The molecule has 4 nitrogen and oxygen atoms in total. The predicted molar refractivity (Wildman–Crippen MR) is 109 cm³/mol. The van der Waals surface area contributed by atoms with Crippen molar-refractivity contribution in [1.29, 1.82) is 0 Å². The van der Waals surface area contributed by atoms with Gasteiger partial charge < -0.3 is 5.32 Å². The number of nitrogens with zero attached hydrogens (tertiary/aromatic N) is 2. The molecule has 1 aliphatic heterocycles. The number of aryl methyl sites for hydroxylation is 4. The maximum Gasteiger partial charge on any atom is 0.261 e. The second-order valence-electron chi connectivity index (χ2n) is 7.27. The Morgan fingerprint density at radius 2 is 1.63 bits per heavy atom. The normalized spacial score (nSPS) is 15.8. The standard InChI is InChI=1S/C23H23N3O/c1-14-9-10-24-20(13-14)26-22(18-7-5-6-8-19(18)23(26)27)25-21-16(3)11-15(2)12-17(21)4/h5-13,22,25H,1-4H3. The van der Waals surface area contributed by atoms with E-state index in [9.17, 15) is 4.79 Å². The third-order valence-electron chi connectivity index (χ3n) is 5.07. The van der Waals surface area contributed by atoms with Gasteiger partial charge in [-0.25, -0.2) is 4.98 Å². The van der Waals surface area contributed by atoms with E-state index in [0.29, 0.717) is 5.82 Å². The Morgan fingerprint density at radius 3 is 2.33 bits per heavy atom. The van der Waals surface area contributed by atoms with Crippen LogP contribution in [0.25, 0.3) is 0 Å². The molecule has 2 aromatic carbocycles. The lowest BCUT2D eigenvalue weighted by molar-refractivity contribution is 0.0992. The van der Waals surface area contributed by atoms with Crippen LogP contribution in [0.3, 0.4) is 0 Å². The number of pyridine rings is 1. The molecule has 27 heavy (non-hydrogen) atoms. The third kappa shape index (κ3) is 2.97. The van der Waals surface area contributed by atoms with Crippen LogP contribution in [-0.2, 0) is 0 Å². The fourth-order valence-electron chi connectivity index (χ4n) is 3.89. The van der Waals surface area contributed by atoms with Crippen molar-refractivity contribution < 1.29 is 4.79 Å². The minimum atomic E-state index is -0.289. The Balaban J connectivity index is 1.83. The van der Waals surface area contributed by atoms with Gasteiger partial charge in [0.05, 0.1) is 0 Å². The molecule has 1 unspecified atom stereocenters. The van der Waals surface area contributed by atoms with E-state index in [1.54, 1.807) is 11.1 Å². The van der Waals surface area contributed by atoms with E-state index in [0.717, 1.165) is 22.4 Å². The lowest BCUT2D eigenvalue weighted by Gasteiger charge is -2.28. The minimum Gasteiger partial charge on any atom is -0.361 e. The number of carbonyl (C=O) groups excluding carboxylic acids is 1. The number of hydrogen-bond donors (Lipinski definition) is 1. The first kappa shape index (κ1) is 17.3. The molecule has 0 fully saturated rings. The number of amides is 1. The lowest BCUT2D eigenvalue weighted by atomic mass is 10.0. The largest absolute Gasteiger partial charge is 0.361 e. The zero-order chi connectivity index (χ0) is 19.1. The Labute approximate surface area is 159 Å². The molecule has 0 saturated heterocycles. The number of rotatable bonds is 3. The van der Waals surface area contributed by atoms with E-state index in [1.807, 2.05) is 43.3 Å². The minimum absolute atomic E-state index is 0.0244. The number of benzene rings is 2. The van der Waals surface area contributed by atoms with Crippen LogP contribution < -0.4 is 10.2 Å². The van der Waals surface area contributed by atoms with Crippen molar-refractivity contribution in [2.24, 2.45) is 0 Å². The summed E-state index contributed by atoms with van der Waals surface area (Å²) in [5.74, 6) is 0.639. The molecule has 1 amide bonds. The summed E-state index contributed by atoms with van der Waals surface area (Å²) in [6, 6.07) is 16.0. The van der Waals surface area contributed by atoms with Gasteiger partial charge in [0.25, 0.3) is 5.91 Å². The van der Waals surface area contributed by atoms with Crippen molar-refractivity contribution in [1.82, 2.24) is 4.98 Å². The van der Waals surface area contributed by atoms with E-state index >= 15 is 0 Å². The molecular weight excluding hydrogens is 334 g/mol. The average Bonchev–Trinajstić information content (AvgIpc) is 2.90. The molecule has 0 saturated carbocycles. The van der Waals surface area contributed by atoms with Gasteiger partial charge in [-0.2, -0.15) is 0 Å². The Bertz CT molecular complexity index is 1020. The molecule has 0 radical (unpaired) electrons. The first-order chi connectivity index (χ1) is 13.0. The molecule has 1 aliphatic rings. The maximum absolute atomic E-state index is 13.2. The van der Waals surface area contributed by atoms with Gasteiger partial charge in [-0.15, -0.1) is 0 Å². The van der Waals surface area contributed by atoms with Crippen LogP contribution in [0, 0.1) is 27.7 Å². The summed E-state index contributed by atoms with van der Waals surface area (Å²) in [5.41, 5.74) is 7.41. The summed E-state index contributed by atoms with van der Waals surface area (Å²) in [4.78, 5) is 19.4. The highest BCUT2D eigenvalue weighted by atomic mass is 16.2. The molecule has 0 bridgehead atoms. The number of anilines is 2. The third-order valence-corrected chi connectivity index (χ3v) is 5.07. The summed E-state index contributed by atoms with van der Waals surface area (Å²) >= 11 is 0. The smallest absolute Gasteiger partial charge is 0.261 e. The average molecular weight is 357 g/mol. The molecule has 0 spiro atoms. The lowest BCUT2D eigenvalue weighted by Crippen LogP contribution is -2.33. The number of aromatic nitrogens is 1. The van der Waals surface area contributed by atoms with Crippen LogP contribution in [0.4, 0.5) is 11.5 Å². The van der Waals surface area contributed by atoms with Gasteiger partial charge in [-0.1, -0.05) is 35.9 Å². The molecule has 3 aromatic rings. The van der Waals surface area contributed by atoms with Gasteiger partial charge >= 0.3 is 0 Å². The number of nitrogens with one attached hydrogen (secondary N) is 1. The summed E-state index contributed by atoms with van der Waals surface area (Å²) in [7, 11) is 0. The molecular formula is C23H23N3O. The van der Waals surface area contributed by atoms with Gasteiger partial charge in [0.2, 0.25) is 0 Å². The van der Waals surface area contributed by atoms with Crippen LogP contribution in [0.1, 0.15) is 44.3 Å². The summed E-state index contributed by atoms with van der Waals surface area (Å²) in [5, 5.41) is 3.62. The van der Waals surface area contributed by atoms with Crippen molar-refractivity contribution in [3.63, 3.8) is 0 Å². The molecule has 1 aromatic heterocycles. The zero-order valence-electron chi connectivity index (χ0n) is 16.1. The molecule has 4 rings (SSSR count). The highest BCUT2D eigenvalue weighted by Gasteiger charge is 2.38. The molecule has 0 aliphatic carbocycles. The number of fused-ring (bicyclic) bond motifs is 1. The first-order valence-corrected chi connectivity index (χ1v) is 9.15. The molecule has 1 N–H and O–H groups in total. The summed E-state index contributed by atoms with van der Waals surface area (Å²) in [6.07, 6.45) is 1.46. The SMILES string of the molecule is Cc1ccnc(N2C(=O)c3ccccc3C2Nc2c(C)cc(C)cc2C)c1. The van der Waals surface area contributed by atoms with Crippen molar-refractivity contribution in [2.45, 2.75) is 33.9 Å². The maximum atomic E-state index is 13.2. The van der Waals surface area contributed by atoms with Crippen LogP contribution in [0.5, 0.6) is 0 Å². The fraction of sp³-hybridized carbons (Fsp3) is 0.217. The highest BCUT2D eigenvalue weighted by molar-refractivity contribution is 6.11. The molecule has 1 atom stereocenters. The Hall–Kier alpha value is -3.14. The Morgan fingerprint density at radius 1 is 0.926 bits per heavy atom. The van der Waals surface area contributed by atoms with Crippen LogP contribution >= 0.6 is 0 Å². The first-order valence-electron chi connectivity index (χ1n) is 9.15. The van der Waals surface area contributed by atoms with Crippen molar-refractivity contribution in [3.05, 3.63) is 88.1 Å². The van der Waals surface area contributed by atoms with Crippen molar-refractivity contribution in [2.75, 3.05) is 10.2 Å². The monoisotopic (exact) mass is 357 g/mol. The van der Waals surface area contributed by atoms with Crippen molar-refractivity contribution >= 4 is 17.4 Å². The van der Waals surface area contributed by atoms with E-state index in [2.05, 4.69) is 43.2 Å². The molecule has 4 heteroatoms.